The summed E-state index contributed by atoms with van der Waals surface area (Å²) in [5.41, 5.74) is 1.53. The van der Waals surface area contributed by atoms with E-state index >= 15 is 0 Å². The van der Waals surface area contributed by atoms with Gasteiger partial charge in [-0.3, -0.25) is 0 Å². The molecular formula is C25H44N2O. The zero-order valence-electron chi connectivity index (χ0n) is 19.2. The van der Waals surface area contributed by atoms with Crippen LogP contribution < -0.4 is 5.32 Å². The average Bonchev–Trinajstić information content (AvgIpc) is 2.70. The Morgan fingerprint density at radius 3 is 2.43 bits per heavy atom. The Balaban J connectivity index is 2.77. The van der Waals surface area contributed by atoms with Gasteiger partial charge >= 0.3 is 0 Å². The van der Waals surface area contributed by atoms with Crippen molar-refractivity contribution in [3.8, 4) is 0 Å². The fourth-order valence-corrected chi connectivity index (χ4v) is 3.76. The fraction of sp³-hybridized carbons (Fsp3) is 0.680. The Kier molecular flexibility index (Phi) is 11.7. The topological polar surface area (TPSA) is 35.5 Å². The second-order valence-electron chi connectivity index (χ2n) is 8.47. The lowest BCUT2D eigenvalue weighted by molar-refractivity contribution is -0.0289. The zero-order valence-corrected chi connectivity index (χ0v) is 19.2. The summed E-state index contributed by atoms with van der Waals surface area (Å²) < 4.78 is 0. The summed E-state index contributed by atoms with van der Waals surface area (Å²) in [7, 11) is 2.20. The molecule has 0 radical (unpaired) electrons. The average molecular weight is 389 g/mol. The molecule has 28 heavy (non-hydrogen) atoms. The fourth-order valence-electron chi connectivity index (χ4n) is 3.76. The first kappa shape index (κ1) is 24.9. The summed E-state index contributed by atoms with van der Waals surface area (Å²) in [6.45, 7) is 14.6. The monoisotopic (exact) mass is 388 g/mol. The van der Waals surface area contributed by atoms with E-state index in [9.17, 15) is 5.11 Å². The van der Waals surface area contributed by atoms with Crippen molar-refractivity contribution in [3.63, 3.8) is 0 Å². The molecule has 1 rings (SSSR count). The lowest BCUT2D eigenvalue weighted by Crippen LogP contribution is -2.42. The van der Waals surface area contributed by atoms with Crippen molar-refractivity contribution < 1.29 is 5.11 Å². The minimum absolute atomic E-state index is 0.175. The third-order valence-corrected chi connectivity index (χ3v) is 6.13. The molecule has 0 aliphatic rings. The standard InChI is InChI=1S/C25H44N2O/c1-7-10-17-26-20-24(21(4)9-3)25(5,28)23-14-12-22(13-15-23)16-19-27(6)18-11-8-2/h7,10,12-15,21,24,26,28H,8-9,11,16-20H2,1-6H3/b10-7+. The Morgan fingerprint density at radius 1 is 1.18 bits per heavy atom. The molecule has 0 fully saturated rings. The van der Waals surface area contributed by atoms with E-state index in [1.807, 2.05) is 13.8 Å². The number of likely N-dealkylation sites (N-methyl/N-ethyl adjacent to an activating group) is 1. The molecule has 0 aliphatic carbocycles. The summed E-state index contributed by atoms with van der Waals surface area (Å²) in [6, 6.07) is 8.64. The van der Waals surface area contributed by atoms with E-state index in [0.29, 0.717) is 5.92 Å². The minimum Gasteiger partial charge on any atom is -0.385 e. The van der Waals surface area contributed by atoms with Crippen molar-refractivity contribution in [3.05, 3.63) is 47.5 Å². The van der Waals surface area contributed by atoms with Gasteiger partial charge in [0.1, 0.15) is 0 Å². The minimum atomic E-state index is -0.838. The van der Waals surface area contributed by atoms with Gasteiger partial charge in [-0.2, -0.15) is 0 Å². The van der Waals surface area contributed by atoms with E-state index in [2.05, 4.69) is 74.5 Å². The second kappa shape index (κ2) is 13.1. The van der Waals surface area contributed by atoms with Gasteiger partial charge in [0.15, 0.2) is 0 Å². The van der Waals surface area contributed by atoms with Crippen LogP contribution in [0, 0.1) is 11.8 Å². The van der Waals surface area contributed by atoms with Crippen LogP contribution in [-0.2, 0) is 12.0 Å². The maximum atomic E-state index is 11.4. The number of hydrogen-bond acceptors (Lipinski definition) is 3. The Morgan fingerprint density at radius 2 is 1.86 bits per heavy atom. The molecule has 0 aromatic heterocycles. The van der Waals surface area contributed by atoms with Crippen molar-refractivity contribution in [2.45, 2.75) is 65.9 Å². The lowest BCUT2D eigenvalue weighted by atomic mass is 9.74. The molecule has 3 atom stereocenters. The lowest BCUT2D eigenvalue weighted by Gasteiger charge is -2.37. The molecule has 3 heteroatoms. The van der Waals surface area contributed by atoms with Crippen LogP contribution in [-0.4, -0.2) is 43.2 Å². The quantitative estimate of drug-likeness (QED) is 0.348. The van der Waals surface area contributed by atoms with E-state index in [1.54, 1.807) is 0 Å². The molecule has 3 nitrogen and oxygen atoms in total. The van der Waals surface area contributed by atoms with Crippen LogP contribution in [0.1, 0.15) is 65.0 Å². The van der Waals surface area contributed by atoms with Crippen LogP contribution in [0.25, 0.3) is 0 Å². The number of nitrogens with zero attached hydrogens (tertiary/aromatic N) is 1. The highest BCUT2D eigenvalue weighted by Gasteiger charge is 2.36. The SMILES string of the molecule is C/C=C/CNCC(C(C)CC)C(C)(O)c1ccc(CCN(C)CCCC)cc1. The Bertz CT molecular complexity index is 550. The summed E-state index contributed by atoms with van der Waals surface area (Å²) >= 11 is 0. The number of rotatable bonds is 14. The van der Waals surface area contributed by atoms with Crippen LogP contribution >= 0.6 is 0 Å². The third kappa shape index (κ3) is 8.06. The zero-order chi connectivity index (χ0) is 21.0. The summed E-state index contributed by atoms with van der Waals surface area (Å²) in [4.78, 5) is 2.41. The second-order valence-corrected chi connectivity index (χ2v) is 8.47. The predicted octanol–water partition coefficient (Wildman–Crippen LogP) is 5.00. The highest BCUT2D eigenvalue weighted by molar-refractivity contribution is 5.28. The molecular weight excluding hydrogens is 344 g/mol. The Hall–Kier alpha value is -1.16. The van der Waals surface area contributed by atoms with Gasteiger partial charge in [-0.1, -0.05) is 70.0 Å². The molecule has 0 saturated heterocycles. The molecule has 0 heterocycles. The number of benzene rings is 1. The van der Waals surface area contributed by atoms with Gasteiger partial charge in [-0.25, -0.2) is 0 Å². The van der Waals surface area contributed by atoms with E-state index in [4.69, 9.17) is 0 Å². The molecule has 0 spiro atoms. The molecule has 3 unspecified atom stereocenters. The van der Waals surface area contributed by atoms with Gasteiger partial charge in [0.05, 0.1) is 5.60 Å². The first-order valence-corrected chi connectivity index (χ1v) is 11.2. The highest BCUT2D eigenvalue weighted by atomic mass is 16.3. The molecule has 0 bridgehead atoms. The summed E-state index contributed by atoms with van der Waals surface area (Å²) in [5, 5.41) is 14.9. The number of unbranched alkanes of at least 4 members (excludes halogenated alkanes) is 1. The van der Waals surface area contributed by atoms with E-state index in [1.165, 1.54) is 24.9 Å². The van der Waals surface area contributed by atoms with Crippen LogP contribution in [0.5, 0.6) is 0 Å². The van der Waals surface area contributed by atoms with Crippen molar-refractivity contribution >= 4 is 0 Å². The molecule has 0 saturated carbocycles. The maximum absolute atomic E-state index is 11.4. The van der Waals surface area contributed by atoms with Crippen LogP contribution in [0.4, 0.5) is 0 Å². The van der Waals surface area contributed by atoms with Gasteiger partial charge in [0, 0.05) is 25.6 Å². The van der Waals surface area contributed by atoms with Crippen molar-refractivity contribution in [2.24, 2.45) is 11.8 Å². The number of hydrogen-bond donors (Lipinski definition) is 2. The largest absolute Gasteiger partial charge is 0.385 e. The van der Waals surface area contributed by atoms with Gasteiger partial charge in [-0.05, 0) is 57.3 Å². The maximum Gasteiger partial charge on any atom is 0.0911 e. The summed E-state index contributed by atoms with van der Waals surface area (Å²) in [5.74, 6) is 0.619. The van der Waals surface area contributed by atoms with Crippen molar-refractivity contribution in [1.29, 1.82) is 0 Å². The van der Waals surface area contributed by atoms with Gasteiger partial charge in [0.25, 0.3) is 0 Å². The van der Waals surface area contributed by atoms with E-state index in [0.717, 1.165) is 38.0 Å². The van der Waals surface area contributed by atoms with Gasteiger partial charge in [0.2, 0.25) is 0 Å². The smallest absolute Gasteiger partial charge is 0.0911 e. The molecule has 2 N–H and O–H groups in total. The number of allylic oxidation sites excluding steroid dienone is 1. The van der Waals surface area contributed by atoms with Crippen molar-refractivity contribution in [1.82, 2.24) is 10.2 Å². The van der Waals surface area contributed by atoms with E-state index < -0.39 is 5.60 Å². The Labute approximate surface area is 174 Å². The molecule has 1 aromatic rings. The van der Waals surface area contributed by atoms with Crippen molar-refractivity contribution in [2.75, 3.05) is 33.2 Å². The molecule has 0 aliphatic heterocycles. The van der Waals surface area contributed by atoms with Crippen LogP contribution in [0.3, 0.4) is 0 Å². The van der Waals surface area contributed by atoms with Crippen LogP contribution in [0.15, 0.2) is 36.4 Å². The molecule has 1 aromatic carbocycles. The highest BCUT2D eigenvalue weighted by Crippen LogP contribution is 2.35. The van der Waals surface area contributed by atoms with Gasteiger partial charge in [-0.15, -0.1) is 0 Å². The normalized spacial score (nSPS) is 16.4. The molecule has 160 valence electrons. The first-order chi connectivity index (χ1) is 13.4. The molecule has 0 amide bonds. The van der Waals surface area contributed by atoms with Crippen LogP contribution in [0.2, 0.25) is 0 Å². The predicted molar refractivity (Wildman–Crippen MR) is 123 cm³/mol. The van der Waals surface area contributed by atoms with Gasteiger partial charge < -0.3 is 15.3 Å². The van der Waals surface area contributed by atoms with E-state index in [-0.39, 0.29) is 5.92 Å². The first-order valence-electron chi connectivity index (χ1n) is 11.2. The number of nitrogens with one attached hydrogen (secondary N) is 1. The third-order valence-electron chi connectivity index (χ3n) is 6.13. The number of aliphatic hydroxyl groups is 1. The summed E-state index contributed by atoms with van der Waals surface area (Å²) in [6.07, 6.45) is 8.81.